The van der Waals surface area contributed by atoms with E-state index in [0.717, 1.165) is 54.3 Å². The minimum Gasteiger partial charge on any atom is -0.444 e. The van der Waals surface area contributed by atoms with Crippen LogP contribution in [0.15, 0.2) is 18.2 Å². The molecule has 1 aromatic carbocycles. The smallest absolute Gasteiger partial charge is 0.411 e. The van der Waals surface area contributed by atoms with Crippen LogP contribution < -0.4 is 0 Å². The molecule has 1 aliphatic heterocycles. The first-order valence-electron chi connectivity index (χ1n) is 12.2. The highest BCUT2D eigenvalue weighted by atomic mass is 35.5. The number of fused-ring (bicyclic) bond motifs is 3. The highest BCUT2D eigenvalue weighted by Gasteiger charge is 2.33. The maximum absolute atomic E-state index is 13.0. The summed E-state index contributed by atoms with van der Waals surface area (Å²) < 4.78 is 7.82. The molecule has 186 valence electrons. The lowest BCUT2D eigenvalue weighted by Gasteiger charge is -2.27. The van der Waals surface area contributed by atoms with Crippen molar-refractivity contribution in [3.8, 4) is 5.69 Å². The Labute approximate surface area is 215 Å². The molecule has 1 aliphatic carbocycles. The Kier molecular flexibility index (Phi) is 6.38. The average Bonchev–Trinajstić information content (AvgIpc) is 3.30. The van der Waals surface area contributed by atoms with E-state index in [0.29, 0.717) is 29.9 Å². The number of hydrogen-bond acceptors (Lipinski definition) is 6. The fourth-order valence-corrected chi connectivity index (χ4v) is 6.30. The normalized spacial score (nSPS) is 20.2. The number of nitrogens with zero attached hydrogens (tertiary/aromatic N) is 5. The summed E-state index contributed by atoms with van der Waals surface area (Å²) in [6, 6.07) is 5.83. The molecule has 2 aromatic heterocycles. The zero-order chi connectivity index (χ0) is 24.9. The van der Waals surface area contributed by atoms with Crippen LogP contribution in [-0.4, -0.2) is 36.3 Å². The van der Waals surface area contributed by atoms with Gasteiger partial charge in [0.15, 0.2) is 5.82 Å². The third-order valence-electron chi connectivity index (χ3n) is 6.87. The highest BCUT2D eigenvalue weighted by Crippen LogP contribution is 2.42. The lowest BCUT2D eigenvalue weighted by atomic mass is 9.82. The van der Waals surface area contributed by atoms with Gasteiger partial charge in [-0.1, -0.05) is 11.6 Å². The molecule has 1 saturated carbocycles. The van der Waals surface area contributed by atoms with Gasteiger partial charge in [-0.25, -0.2) is 9.78 Å². The second-order valence-corrected chi connectivity index (χ2v) is 12.3. The van der Waals surface area contributed by atoms with Crippen LogP contribution in [0, 0.1) is 13.8 Å². The third kappa shape index (κ3) is 4.96. The summed E-state index contributed by atoms with van der Waals surface area (Å²) in [4.78, 5) is 20.8. The fourth-order valence-electron chi connectivity index (χ4n) is 5.02. The number of rotatable bonds is 2. The van der Waals surface area contributed by atoms with E-state index in [2.05, 4.69) is 28.6 Å². The molecule has 1 fully saturated rings. The van der Waals surface area contributed by atoms with Gasteiger partial charge in [-0.2, -0.15) is 0 Å². The van der Waals surface area contributed by atoms with Gasteiger partial charge in [-0.3, -0.25) is 9.47 Å². The van der Waals surface area contributed by atoms with Crippen molar-refractivity contribution in [1.29, 1.82) is 0 Å². The average molecular weight is 514 g/mol. The molecular weight excluding hydrogens is 482 g/mol. The summed E-state index contributed by atoms with van der Waals surface area (Å²) in [5.74, 6) is 2.55. The minimum absolute atomic E-state index is 0.311. The minimum atomic E-state index is -0.577. The van der Waals surface area contributed by atoms with Crippen LogP contribution in [0.1, 0.15) is 91.1 Å². The first-order valence-corrected chi connectivity index (χ1v) is 13.4. The highest BCUT2D eigenvalue weighted by molar-refractivity contribution is 7.11. The van der Waals surface area contributed by atoms with E-state index in [-0.39, 0.29) is 6.09 Å². The first-order chi connectivity index (χ1) is 16.6. The molecule has 35 heavy (non-hydrogen) atoms. The Hall–Kier alpha value is -2.45. The van der Waals surface area contributed by atoms with E-state index in [1.165, 1.54) is 9.88 Å². The van der Waals surface area contributed by atoms with Crippen LogP contribution in [-0.2, 0) is 17.8 Å². The topological polar surface area (TPSA) is 73.1 Å². The Morgan fingerprint density at radius 3 is 2.46 bits per heavy atom. The van der Waals surface area contributed by atoms with Gasteiger partial charge in [-0.15, -0.1) is 21.5 Å². The van der Waals surface area contributed by atoms with Crippen molar-refractivity contribution in [3.63, 3.8) is 0 Å². The number of aromatic nitrogens is 4. The molecule has 9 heteroatoms. The van der Waals surface area contributed by atoms with Gasteiger partial charge < -0.3 is 4.74 Å². The van der Waals surface area contributed by atoms with Crippen molar-refractivity contribution in [2.75, 3.05) is 0 Å². The van der Waals surface area contributed by atoms with Crippen LogP contribution in [0.25, 0.3) is 5.69 Å². The van der Waals surface area contributed by atoms with E-state index in [1.807, 2.05) is 50.3 Å². The van der Waals surface area contributed by atoms with Crippen molar-refractivity contribution in [1.82, 2.24) is 24.6 Å². The molecule has 0 atom stereocenters. The molecule has 0 saturated heterocycles. The maximum Gasteiger partial charge on any atom is 0.411 e. The number of amides is 1. The molecule has 5 rings (SSSR count). The summed E-state index contributed by atoms with van der Waals surface area (Å²) in [6.07, 6.45) is 3.90. The largest absolute Gasteiger partial charge is 0.444 e. The van der Waals surface area contributed by atoms with Crippen molar-refractivity contribution in [2.24, 2.45) is 0 Å². The lowest BCUT2D eigenvalue weighted by molar-refractivity contribution is 0.0214. The Morgan fingerprint density at radius 1 is 1.09 bits per heavy atom. The number of hydrogen-bond donors (Lipinski definition) is 0. The van der Waals surface area contributed by atoms with Crippen molar-refractivity contribution in [3.05, 3.63) is 56.0 Å². The van der Waals surface area contributed by atoms with Gasteiger partial charge in [0.05, 0.1) is 29.5 Å². The second-order valence-electron chi connectivity index (χ2n) is 10.7. The molecule has 0 spiro atoms. The molecule has 1 amide bonds. The molecule has 0 bridgehead atoms. The number of ether oxygens (including phenoxy) is 1. The van der Waals surface area contributed by atoms with E-state index in [4.69, 9.17) is 21.3 Å². The van der Waals surface area contributed by atoms with Crippen LogP contribution in [0.4, 0.5) is 4.79 Å². The summed E-state index contributed by atoms with van der Waals surface area (Å²) in [7, 11) is 0. The van der Waals surface area contributed by atoms with Gasteiger partial charge in [0, 0.05) is 21.7 Å². The van der Waals surface area contributed by atoms with Gasteiger partial charge in [0.25, 0.3) is 0 Å². The summed E-state index contributed by atoms with van der Waals surface area (Å²) in [5.41, 5.74) is 2.53. The zero-order valence-electron chi connectivity index (χ0n) is 21.0. The van der Waals surface area contributed by atoms with Crippen molar-refractivity contribution in [2.45, 2.75) is 90.8 Å². The SMILES string of the molecule is Cc1nc([C@H]2CC[C@H](c3nnc4n3-c3ccc(Cl)cc3CN(C(=O)OC(C)(C)C)C4)CC2)sc1C. The Morgan fingerprint density at radius 2 is 1.80 bits per heavy atom. The van der Waals surface area contributed by atoms with Crippen LogP contribution in [0.2, 0.25) is 5.02 Å². The van der Waals surface area contributed by atoms with E-state index >= 15 is 0 Å². The van der Waals surface area contributed by atoms with Crippen molar-refractivity contribution >= 4 is 29.0 Å². The molecule has 7 nitrogen and oxygen atoms in total. The Bertz CT molecular complexity index is 1230. The number of aryl methyl sites for hydroxylation is 2. The van der Waals surface area contributed by atoms with Gasteiger partial charge in [-0.05, 0) is 84.1 Å². The van der Waals surface area contributed by atoms with Crippen LogP contribution in [0.5, 0.6) is 0 Å². The number of thiazole rings is 1. The maximum atomic E-state index is 13.0. The standard InChI is InChI=1S/C26H32ClN5O2S/c1-15-16(2)35-24(28-15)18-8-6-17(7-9-18)23-30-29-22-14-31(25(33)34-26(3,4)5)13-19-12-20(27)10-11-21(19)32(22)23/h10-12,17-18H,6-9,13-14H2,1-5H3/t17-,18-. The molecule has 2 aliphatic rings. The monoisotopic (exact) mass is 513 g/mol. The zero-order valence-corrected chi connectivity index (χ0v) is 22.5. The molecule has 0 N–H and O–H groups in total. The van der Waals surface area contributed by atoms with Gasteiger partial charge in [0.1, 0.15) is 11.4 Å². The van der Waals surface area contributed by atoms with Crippen LogP contribution in [0.3, 0.4) is 0 Å². The predicted octanol–water partition coefficient (Wildman–Crippen LogP) is 6.69. The van der Waals surface area contributed by atoms with Crippen LogP contribution >= 0.6 is 22.9 Å². The third-order valence-corrected chi connectivity index (χ3v) is 8.34. The van der Waals surface area contributed by atoms with Gasteiger partial charge >= 0.3 is 6.09 Å². The second kappa shape index (κ2) is 9.21. The first kappa shape index (κ1) is 24.3. The number of carbonyl (C=O) groups excluding carboxylic acids is 1. The van der Waals surface area contributed by atoms with E-state index in [1.54, 1.807) is 4.90 Å². The molecule has 3 aromatic rings. The molecular formula is C26H32ClN5O2S. The van der Waals surface area contributed by atoms with Gasteiger partial charge in [0.2, 0.25) is 0 Å². The quantitative estimate of drug-likeness (QED) is 0.382. The van der Waals surface area contributed by atoms with Crippen molar-refractivity contribution < 1.29 is 9.53 Å². The predicted molar refractivity (Wildman–Crippen MR) is 137 cm³/mol. The van der Waals surface area contributed by atoms with E-state index < -0.39 is 5.60 Å². The molecule has 0 unspecified atom stereocenters. The fraction of sp³-hybridized carbons (Fsp3) is 0.538. The summed E-state index contributed by atoms with van der Waals surface area (Å²) in [6.45, 7) is 10.6. The Balaban J connectivity index is 1.44. The van der Waals surface area contributed by atoms with E-state index in [9.17, 15) is 4.79 Å². The molecule has 3 heterocycles. The molecule has 0 radical (unpaired) electrons. The lowest BCUT2D eigenvalue weighted by Crippen LogP contribution is -2.35. The number of halogens is 1. The number of benzene rings is 1. The summed E-state index contributed by atoms with van der Waals surface area (Å²) in [5, 5.41) is 11.1. The summed E-state index contributed by atoms with van der Waals surface area (Å²) >= 11 is 8.20. The number of carbonyl (C=O) groups is 1.